The van der Waals surface area contributed by atoms with Crippen molar-refractivity contribution in [3.63, 3.8) is 0 Å². The van der Waals surface area contributed by atoms with E-state index in [1.165, 1.54) is 17.7 Å². The van der Waals surface area contributed by atoms with Gasteiger partial charge < -0.3 is 30.5 Å². The van der Waals surface area contributed by atoms with Gasteiger partial charge in [0.15, 0.2) is 0 Å². The number of benzene rings is 2. The molecule has 0 atom stereocenters. The van der Waals surface area contributed by atoms with Crippen molar-refractivity contribution in [2.75, 3.05) is 26.7 Å². The highest BCUT2D eigenvalue weighted by Gasteiger charge is 2.18. The molecular weight excluding hydrogens is 470 g/mol. The second kappa shape index (κ2) is 16.8. The molecule has 2 amide bonds. The maximum absolute atomic E-state index is 12.0. The second-order valence-corrected chi connectivity index (χ2v) is 8.58. The number of aryl methyl sites for hydroxylation is 1. The van der Waals surface area contributed by atoms with Crippen LogP contribution in [0.25, 0.3) is 0 Å². The molecule has 4 N–H and O–H groups in total. The average Bonchev–Trinajstić information content (AvgIpc) is 3.31. The number of carbonyl (C=O) groups is 2. The predicted octanol–water partition coefficient (Wildman–Crippen LogP) is 4.52. The minimum Gasteiger partial charge on any atom is -0.508 e. The van der Waals surface area contributed by atoms with E-state index in [0.29, 0.717) is 38.3 Å². The van der Waals surface area contributed by atoms with E-state index in [1.807, 2.05) is 37.3 Å². The number of unbranched alkanes of at least 4 members (excludes halogenated alkanes) is 1. The Morgan fingerprint density at radius 2 is 1.89 bits per heavy atom. The summed E-state index contributed by atoms with van der Waals surface area (Å²) < 4.78 is 5.42. The molecule has 37 heavy (non-hydrogen) atoms. The summed E-state index contributed by atoms with van der Waals surface area (Å²) in [5.74, 6) is 0.419. The van der Waals surface area contributed by atoms with Gasteiger partial charge >= 0.3 is 0 Å². The van der Waals surface area contributed by atoms with Crippen LogP contribution in [0.4, 0.5) is 0 Å². The zero-order valence-corrected chi connectivity index (χ0v) is 22.4. The van der Waals surface area contributed by atoms with Gasteiger partial charge in [0, 0.05) is 39.3 Å². The number of hydrogen-bond acceptors (Lipinski definition) is 6. The fourth-order valence-electron chi connectivity index (χ4n) is 3.43. The van der Waals surface area contributed by atoms with Crippen LogP contribution in [0.1, 0.15) is 53.7 Å². The van der Waals surface area contributed by atoms with Gasteiger partial charge in [0.05, 0.1) is 5.56 Å². The Kier molecular flexibility index (Phi) is 14.2. The molecule has 8 nitrogen and oxygen atoms in total. The number of amides is 2. The molecule has 8 heteroatoms. The molecule has 2 aromatic rings. The first-order chi connectivity index (χ1) is 17.7. The number of allylic oxidation sites excluding steroid dienone is 3. The van der Waals surface area contributed by atoms with Crippen LogP contribution in [0.15, 0.2) is 55.1 Å². The third-order valence-electron chi connectivity index (χ3n) is 5.53. The first-order valence-corrected chi connectivity index (χ1v) is 12.4. The highest BCUT2D eigenvalue weighted by atomic mass is 16.5. The smallest absolute Gasteiger partial charge is 0.257 e. The lowest BCUT2D eigenvalue weighted by Gasteiger charge is -2.17. The molecule has 0 fully saturated rings. The quantitative estimate of drug-likeness (QED) is 0.337. The number of phenolic OH excluding ortho intramolecular Hbond substituents is 2. The van der Waals surface area contributed by atoms with Crippen molar-refractivity contribution in [1.82, 2.24) is 9.80 Å². The third-order valence-corrected chi connectivity index (χ3v) is 5.53. The Balaban J connectivity index is 0.000000315. The standard InChI is InChI=1S/C13H19NO3.C11H14N2O2.C5H8/c1-4-5-6-14(3)13(17)10-7-9(2)11(15)8-12(10)16;12-3-4-15-11-2-1-9-6-13(8-14)7-10(9)5-11;1-3-5-4-2/h7-8,15-16H,4-6H2,1-3H3;1-2,5,8H,3-4,6-7,12H2;3-5H,1H2,2H3/b;;5-4-. The molecule has 1 heterocycles. The Labute approximate surface area is 220 Å². The normalized spacial score (nSPS) is 11.5. The zero-order valence-electron chi connectivity index (χ0n) is 22.4. The summed E-state index contributed by atoms with van der Waals surface area (Å²) in [7, 11) is 1.71. The lowest BCUT2D eigenvalue weighted by molar-refractivity contribution is -0.118. The number of rotatable bonds is 9. The number of nitrogens with zero attached hydrogens (tertiary/aromatic N) is 2. The molecule has 0 aromatic heterocycles. The second-order valence-electron chi connectivity index (χ2n) is 8.58. The Morgan fingerprint density at radius 1 is 1.19 bits per heavy atom. The van der Waals surface area contributed by atoms with Crippen molar-refractivity contribution in [3.8, 4) is 17.2 Å². The van der Waals surface area contributed by atoms with E-state index in [-0.39, 0.29) is 23.0 Å². The van der Waals surface area contributed by atoms with Crippen molar-refractivity contribution < 1.29 is 24.5 Å². The molecule has 0 unspecified atom stereocenters. The molecular formula is C29H41N3O5. The molecule has 3 rings (SSSR count). The number of aromatic hydroxyl groups is 2. The topological polar surface area (TPSA) is 116 Å². The molecule has 0 saturated carbocycles. The maximum atomic E-state index is 12.0. The first kappa shape index (κ1) is 31.3. The Bertz CT molecular complexity index is 1050. The number of hydrogen-bond donors (Lipinski definition) is 3. The lowest BCUT2D eigenvalue weighted by atomic mass is 10.1. The largest absolute Gasteiger partial charge is 0.508 e. The van der Waals surface area contributed by atoms with E-state index < -0.39 is 0 Å². The SMILES string of the molecule is C=C/C=C\C.CCCCN(C)C(=O)c1cc(C)c(O)cc1O.NCCOc1ccc2c(c1)CN(C=O)C2. The number of fused-ring (bicyclic) bond motifs is 1. The molecule has 2 aromatic carbocycles. The highest BCUT2D eigenvalue weighted by molar-refractivity contribution is 5.97. The minimum atomic E-state index is -0.223. The first-order valence-electron chi connectivity index (χ1n) is 12.4. The molecule has 0 aliphatic carbocycles. The van der Waals surface area contributed by atoms with Crippen LogP contribution in [0.5, 0.6) is 17.2 Å². The van der Waals surface area contributed by atoms with Gasteiger partial charge in [-0.2, -0.15) is 0 Å². The molecule has 202 valence electrons. The molecule has 1 aliphatic rings. The van der Waals surface area contributed by atoms with Crippen molar-refractivity contribution in [2.24, 2.45) is 5.73 Å². The number of phenols is 2. The van der Waals surface area contributed by atoms with Gasteiger partial charge in [-0.3, -0.25) is 9.59 Å². The molecule has 0 spiro atoms. The summed E-state index contributed by atoms with van der Waals surface area (Å²) in [6, 6.07) is 8.62. The van der Waals surface area contributed by atoms with E-state index in [9.17, 15) is 19.8 Å². The summed E-state index contributed by atoms with van der Waals surface area (Å²) in [5.41, 5.74) is 8.53. The minimum absolute atomic E-state index is 0.00439. The van der Waals surface area contributed by atoms with Gasteiger partial charge in [-0.25, -0.2) is 0 Å². The fraction of sp³-hybridized carbons (Fsp3) is 0.379. The number of nitrogens with two attached hydrogens (primary N) is 1. The molecule has 0 radical (unpaired) electrons. The van der Waals surface area contributed by atoms with Crippen molar-refractivity contribution >= 4 is 12.3 Å². The maximum Gasteiger partial charge on any atom is 0.257 e. The van der Waals surface area contributed by atoms with Crippen LogP contribution in [0.3, 0.4) is 0 Å². The van der Waals surface area contributed by atoms with Crippen molar-refractivity contribution in [2.45, 2.75) is 46.7 Å². The van der Waals surface area contributed by atoms with Crippen molar-refractivity contribution in [1.29, 1.82) is 0 Å². The van der Waals surface area contributed by atoms with Gasteiger partial charge in [-0.15, -0.1) is 0 Å². The van der Waals surface area contributed by atoms with Gasteiger partial charge in [-0.05, 0) is 55.2 Å². The van der Waals surface area contributed by atoms with Crippen molar-refractivity contribution in [3.05, 3.63) is 77.4 Å². The van der Waals surface area contributed by atoms with Gasteiger partial charge in [0.25, 0.3) is 5.91 Å². The number of carbonyl (C=O) groups excluding carboxylic acids is 2. The van der Waals surface area contributed by atoms with Crippen LogP contribution >= 0.6 is 0 Å². The van der Waals surface area contributed by atoms with Crippen LogP contribution in [0, 0.1) is 6.92 Å². The zero-order chi connectivity index (χ0) is 27.8. The third kappa shape index (κ3) is 10.4. The van der Waals surface area contributed by atoms with Crippen LogP contribution < -0.4 is 10.5 Å². The summed E-state index contributed by atoms with van der Waals surface area (Å²) in [6.07, 6.45) is 8.39. The monoisotopic (exact) mass is 511 g/mol. The molecule has 1 aliphatic heterocycles. The average molecular weight is 512 g/mol. The Hall–Kier alpha value is -3.78. The summed E-state index contributed by atoms with van der Waals surface area (Å²) in [6.45, 7) is 12.3. The van der Waals surface area contributed by atoms with E-state index in [2.05, 4.69) is 13.5 Å². The van der Waals surface area contributed by atoms with Crippen LogP contribution in [-0.2, 0) is 17.9 Å². The predicted molar refractivity (Wildman–Crippen MR) is 148 cm³/mol. The van der Waals surface area contributed by atoms with E-state index >= 15 is 0 Å². The van der Waals surface area contributed by atoms with Gasteiger partial charge in [-0.1, -0.05) is 44.2 Å². The van der Waals surface area contributed by atoms with Gasteiger partial charge in [0.1, 0.15) is 23.9 Å². The fourth-order valence-corrected chi connectivity index (χ4v) is 3.43. The summed E-state index contributed by atoms with van der Waals surface area (Å²) in [4.78, 5) is 25.9. The van der Waals surface area contributed by atoms with Gasteiger partial charge in [0.2, 0.25) is 6.41 Å². The Morgan fingerprint density at radius 3 is 2.46 bits per heavy atom. The van der Waals surface area contributed by atoms with Crippen LogP contribution in [-0.4, -0.2) is 59.1 Å². The van der Waals surface area contributed by atoms with E-state index in [0.717, 1.165) is 30.6 Å². The molecule has 0 saturated heterocycles. The number of ether oxygens (including phenoxy) is 1. The summed E-state index contributed by atoms with van der Waals surface area (Å²) in [5, 5.41) is 19.1. The van der Waals surface area contributed by atoms with Crippen LogP contribution in [0.2, 0.25) is 0 Å². The van der Waals surface area contributed by atoms with E-state index in [1.54, 1.807) is 29.8 Å². The molecule has 0 bridgehead atoms. The highest BCUT2D eigenvalue weighted by Crippen LogP contribution is 2.28. The van der Waals surface area contributed by atoms with E-state index in [4.69, 9.17) is 10.5 Å². The lowest BCUT2D eigenvalue weighted by Crippen LogP contribution is -2.27. The summed E-state index contributed by atoms with van der Waals surface area (Å²) >= 11 is 0.